The molecule has 0 bridgehead atoms. The number of rotatable bonds is 2. The molecule has 2 rings (SSSR count). The van der Waals surface area contributed by atoms with E-state index in [0.29, 0.717) is 5.92 Å². The summed E-state index contributed by atoms with van der Waals surface area (Å²) in [6.07, 6.45) is 0. The first-order valence-electron chi connectivity index (χ1n) is 5.58. The first kappa shape index (κ1) is 12.2. The third-order valence-corrected chi connectivity index (χ3v) is 3.34. The first-order chi connectivity index (χ1) is 8.00. The highest BCUT2D eigenvalue weighted by Gasteiger charge is 2.15. The molecule has 17 heavy (non-hydrogen) atoms. The predicted octanol–water partition coefficient (Wildman–Crippen LogP) is 3.56. The van der Waals surface area contributed by atoms with Gasteiger partial charge in [0.1, 0.15) is 17.3 Å². The Morgan fingerprint density at radius 1 is 1.24 bits per heavy atom. The maximum atomic E-state index is 6.10. The maximum absolute atomic E-state index is 6.10. The quantitative estimate of drug-likeness (QED) is 0.920. The molecular formula is C13H16BrN3. The van der Waals surface area contributed by atoms with Crippen molar-refractivity contribution in [2.75, 3.05) is 5.73 Å². The van der Waals surface area contributed by atoms with E-state index in [1.807, 2.05) is 35.9 Å². The van der Waals surface area contributed by atoms with Crippen LogP contribution >= 0.6 is 15.9 Å². The summed E-state index contributed by atoms with van der Waals surface area (Å²) in [4.78, 5) is 4.63. The summed E-state index contributed by atoms with van der Waals surface area (Å²) in [6.45, 7) is 4.24. The van der Waals surface area contributed by atoms with Crippen LogP contribution in [0.5, 0.6) is 0 Å². The molecule has 0 fully saturated rings. The van der Waals surface area contributed by atoms with Gasteiger partial charge in [0.25, 0.3) is 0 Å². The topological polar surface area (TPSA) is 43.8 Å². The van der Waals surface area contributed by atoms with Crippen molar-refractivity contribution in [1.82, 2.24) is 9.55 Å². The van der Waals surface area contributed by atoms with Gasteiger partial charge in [-0.2, -0.15) is 0 Å². The molecule has 0 spiro atoms. The number of anilines is 1. The van der Waals surface area contributed by atoms with Crippen LogP contribution in [0, 0.1) is 0 Å². The zero-order chi connectivity index (χ0) is 12.6. The number of nitrogens with zero attached hydrogens (tertiary/aromatic N) is 2. The molecule has 0 saturated carbocycles. The van der Waals surface area contributed by atoms with Crippen LogP contribution in [-0.4, -0.2) is 9.55 Å². The molecule has 0 atom stereocenters. The molecule has 0 unspecified atom stereocenters. The highest BCUT2D eigenvalue weighted by Crippen LogP contribution is 2.29. The first-order valence-corrected chi connectivity index (χ1v) is 6.38. The number of imidazole rings is 1. The fourth-order valence-corrected chi connectivity index (χ4v) is 2.13. The molecule has 0 aliphatic heterocycles. The Morgan fingerprint density at radius 2 is 1.82 bits per heavy atom. The van der Waals surface area contributed by atoms with Crippen LogP contribution in [-0.2, 0) is 7.05 Å². The Kier molecular flexibility index (Phi) is 3.24. The van der Waals surface area contributed by atoms with Crippen LogP contribution in [0.4, 0.5) is 5.82 Å². The Morgan fingerprint density at radius 3 is 2.29 bits per heavy atom. The summed E-state index contributed by atoms with van der Waals surface area (Å²) < 4.78 is 3.02. The van der Waals surface area contributed by atoms with E-state index in [4.69, 9.17) is 5.73 Å². The number of benzene rings is 1. The Labute approximate surface area is 110 Å². The smallest absolute Gasteiger partial charge is 0.131 e. The summed E-state index contributed by atoms with van der Waals surface area (Å²) in [7, 11) is 1.96. The highest BCUT2D eigenvalue weighted by molar-refractivity contribution is 9.10. The molecule has 1 aromatic heterocycles. The van der Waals surface area contributed by atoms with Crippen LogP contribution in [0.15, 0.2) is 28.7 Å². The fourth-order valence-electron chi connectivity index (χ4n) is 1.87. The van der Waals surface area contributed by atoms with Gasteiger partial charge in [0.05, 0.1) is 0 Å². The predicted molar refractivity (Wildman–Crippen MR) is 74.8 cm³/mol. The summed E-state index contributed by atoms with van der Waals surface area (Å²) in [6, 6.07) is 8.04. The standard InChI is InChI=1S/C13H16BrN3/c1-8(2)13-16-11(12(15)17(13)3)9-4-6-10(14)7-5-9/h4-8H,15H2,1-3H3. The molecule has 3 nitrogen and oxygen atoms in total. The third kappa shape index (κ3) is 2.22. The lowest BCUT2D eigenvalue weighted by Gasteiger charge is -2.04. The largest absolute Gasteiger partial charge is 0.383 e. The van der Waals surface area contributed by atoms with Gasteiger partial charge in [0.15, 0.2) is 0 Å². The van der Waals surface area contributed by atoms with Gasteiger partial charge < -0.3 is 10.3 Å². The summed E-state index contributed by atoms with van der Waals surface area (Å²) in [5.41, 5.74) is 8.01. The molecule has 1 aromatic carbocycles. The molecule has 2 aromatic rings. The minimum absolute atomic E-state index is 0.367. The van der Waals surface area contributed by atoms with E-state index in [0.717, 1.165) is 27.4 Å². The van der Waals surface area contributed by atoms with Crippen LogP contribution in [0.1, 0.15) is 25.6 Å². The molecule has 0 aliphatic rings. The van der Waals surface area contributed by atoms with Crippen molar-refractivity contribution in [3.63, 3.8) is 0 Å². The summed E-state index contributed by atoms with van der Waals surface area (Å²) in [5, 5.41) is 0. The normalized spacial score (nSPS) is 11.1. The molecule has 0 radical (unpaired) electrons. The molecular weight excluding hydrogens is 278 g/mol. The lowest BCUT2D eigenvalue weighted by molar-refractivity contribution is 0.715. The molecule has 0 saturated heterocycles. The van der Waals surface area contributed by atoms with Gasteiger partial charge >= 0.3 is 0 Å². The highest BCUT2D eigenvalue weighted by atomic mass is 79.9. The van der Waals surface area contributed by atoms with Crippen molar-refractivity contribution in [2.45, 2.75) is 19.8 Å². The molecule has 1 heterocycles. The van der Waals surface area contributed by atoms with Gasteiger partial charge in [-0.25, -0.2) is 4.98 Å². The van der Waals surface area contributed by atoms with Crippen LogP contribution in [0.25, 0.3) is 11.3 Å². The number of nitrogen functional groups attached to an aromatic ring is 1. The van der Waals surface area contributed by atoms with Crippen molar-refractivity contribution in [3.8, 4) is 11.3 Å². The van der Waals surface area contributed by atoms with E-state index in [2.05, 4.69) is 34.8 Å². The maximum Gasteiger partial charge on any atom is 0.131 e. The van der Waals surface area contributed by atoms with Crippen molar-refractivity contribution < 1.29 is 0 Å². The van der Waals surface area contributed by atoms with Gasteiger partial charge in [-0.3, -0.25) is 0 Å². The second kappa shape index (κ2) is 4.53. The monoisotopic (exact) mass is 293 g/mol. The van der Waals surface area contributed by atoms with Crippen LogP contribution < -0.4 is 5.73 Å². The van der Waals surface area contributed by atoms with E-state index in [1.165, 1.54) is 0 Å². The minimum atomic E-state index is 0.367. The van der Waals surface area contributed by atoms with Gasteiger partial charge in [0, 0.05) is 23.0 Å². The Bertz CT molecular complexity index is 526. The lowest BCUT2D eigenvalue weighted by Crippen LogP contribution is -2.02. The number of hydrogen-bond donors (Lipinski definition) is 1. The van der Waals surface area contributed by atoms with Crippen molar-refractivity contribution in [3.05, 3.63) is 34.6 Å². The van der Waals surface area contributed by atoms with E-state index in [1.54, 1.807) is 0 Å². The second-order valence-electron chi connectivity index (χ2n) is 4.42. The lowest BCUT2D eigenvalue weighted by atomic mass is 10.1. The van der Waals surface area contributed by atoms with Gasteiger partial charge in [-0.05, 0) is 12.1 Å². The molecule has 90 valence electrons. The van der Waals surface area contributed by atoms with Crippen molar-refractivity contribution >= 4 is 21.7 Å². The van der Waals surface area contributed by atoms with E-state index < -0.39 is 0 Å². The van der Waals surface area contributed by atoms with Gasteiger partial charge in [0.2, 0.25) is 0 Å². The molecule has 4 heteroatoms. The number of nitrogens with two attached hydrogens (primary N) is 1. The SMILES string of the molecule is CC(C)c1nc(-c2ccc(Br)cc2)c(N)n1C. The second-order valence-corrected chi connectivity index (χ2v) is 5.34. The zero-order valence-corrected chi connectivity index (χ0v) is 11.8. The van der Waals surface area contributed by atoms with Gasteiger partial charge in [-0.1, -0.05) is 41.9 Å². The summed E-state index contributed by atoms with van der Waals surface area (Å²) in [5.74, 6) is 2.10. The summed E-state index contributed by atoms with van der Waals surface area (Å²) >= 11 is 3.42. The van der Waals surface area contributed by atoms with E-state index in [9.17, 15) is 0 Å². The zero-order valence-electron chi connectivity index (χ0n) is 10.2. The molecule has 2 N–H and O–H groups in total. The van der Waals surface area contributed by atoms with Gasteiger partial charge in [-0.15, -0.1) is 0 Å². The van der Waals surface area contributed by atoms with Crippen molar-refractivity contribution in [2.24, 2.45) is 7.05 Å². The fraction of sp³-hybridized carbons (Fsp3) is 0.308. The Hall–Kier alpha value is -1.29. The average Bonchev–Trinajstić information content (AvgIpc) is 2.58. The number of halogens is 1. The molecule has 0 aliphatic carbocycles. The third-order valence-electron chi connectivity index (χ3n) is 2.81. The van der Waals surface area contributed by atoms with Crippen molar-refractivity contribution in [1.29, 1.82) is 0 Å². The minimum Gasteiger partial charge on any atom is -0.383 e. The van der Waals surface area contributed by atoms with Crippen LogP contribution in [0.2, 0.25) is 0 Å². The number of hydrogen-bond acceptors (Lipinski definition) is 2. The molecule has 0 amide bonds. The van der Waals surface area contributed by atoms with E-state index >= 15 is 0 Å². The number of aromatic nitrogens is 2. The van der Waals surface area contributed by atoms with E-state index in [-0.39, 0.29) is 0 Å². The van der Waals surface area contributed by atoms with Crippen LogP contribution in [0.3, 0.4) is 0 Å². The Balaban J connectivity index is 2.53. The average molecular weight is 294 g/mol.